The van der Waals surface area contributed by atoms with Gasteiger partial charge in [0, 0.05) is 16.6 Å². The molecule has 1 N–H and O–H groups in total. The van der Waals surface area contributed by atoms with Crippen LogP contribution in [-0.2, 0) is 16.0 Å². The number of halogens is 1. The van der Waals surface area contributed by atoms with Gasteiger partial charge in [-0.15, -0.1) is 11.3 Å². The third-order valence-corrected chi connectivity index (χ3v) is 5.94. The van der Waals surface area contributed by atoms with Gasteiger partial charge in [-0.1, -0.05) is 6.92 Å². The third-order valence-electron chi connectivity index (χ3n) is 5.03. The predicted molar refractivity (Wildman–Crippen MR) is 119 cm³/mol. The molecule has 0 radical (unpaired) electrons. The molecule has 1 aromatic heterocycles. The molecule has 0 spiro atoms. The first kappa shape index (κ1) is 21.0. The summed E-state index contributed by atoms with van der Waals surface area (Å²) >= 11 is 1.61. The lowest BCUT2D eigenvalue weighted by atomic mass is 10.1. The molecule has 1 unspecified atom stereocenters. The first-order valence-corrected chi connectivity index (χ1v) is 10.9. The SMILES string of the molecule is CCCc1nc(-c2ccc3c(c2)N(C(C)C(=O)Nc2ccc(F)cc2)C(=O)CO3)cs1. The van der Waals surface area contributed by atoms with Crippen LogP contribution in [0.2, 0.25) is 0 Å². The van der Waals surface area contributed by atoms with E-state index >= 15 is 0 Å². The van der Waals surface area contributed by atoms with Crippen LogP contribution in [0.15, 0.2) is 47.8 Å². The molecule has 0 saturated heterocycles. The number of rotatable bonds is 6. The second kappa shape index (κ2) is 8.85. The van der Waals surface area contributed by atoms with Gasteiger partial charge in [-0.05, 0) is 62.2 Å². The van der Waals surface area contributed by atoms with Crippen LogP contribution < -0.4 is 15.0 Å². The summed E-state index contributed by atoms with van der Waals surface area (Å²) in [6.07, 6.45) is 1.94. The molecule has 0 bridgehead atoms. The number of ether oxygens (including phenoxy) is 1. The monoisotopic (exact) mass is 439 g/mol. The number of nitrogens with zero attached hydrogens (tertiary/aromatic N) is 2. The van der Waals surface area contributed by atoms with Gasteiger partial charge in [0.15, 0.2) is 6.61 Å². The number of hydrogen-bond acceptors (Lipinski definition) is 5. The molecule has 1 atom stereocenters. The number of amides is 2. The van der Waals surface area contributed by atoms with E-state index < -0.39 is 6.04 Å². The van der Waals surface area contributed by atoms with Gasteiger partial charge in [-0.3, -0.25) is 14.5 Å². The Balaban J connectivity index is 1.61. The fourth-order valence-corrected chi connectivity index (χ4v) is 4.33. The molecule has 0 saturated carbocycles. The Bertz CT molecular complexity index is 1110. The lowest BCUT2D eigenvalue weighted by Crippen LogP contribution is -2.49. The van der Waals surface area contributed by atoms with E-state index in [2.05, 4.69) is 17.2 Å². The maximum atomic E-state index is 13.1. The molecule has 0 fully saturated rings. The molecular weight excluding hydrogens is 417 g/mol. The van der Waals surface area contributed by atoms with Gasteiger partial charge in [0.05, 0.1) is 16.4 Å². The molecule has 1 aliphatic rings. The number of nitrogens with one attached hydrogen (secondary N) is 1. The van der Waals surface area contributed by atoms with Crippen LogP contribution in [0, 0.1) is 5.82 Å². The van der Waals surface area contributed by atoms with Crippen LogP contribution in [0.5, 0.6) is 5.75 Å². The minimum atomic E-state index is -0.790. The van der Waals surface area contributed by atoms with Gasteiger partial charge in [0.25, 0.3) is 5.91 Å². The van der Waals surface area contributed by atoms with E-state index in [1.807, 2.05) is 17.5 Å². The average molecular weight is 440 g/mol. The zero-order valence-electron chi connectivity index (χ0n) is 17.2. The smallest absolute Gasteiger partial charge is 0.265 e. The summed E-state index contributed by atoms with van der Waals surface area (Å²) in [4.78, 5) is 31.6. The van der Waals surface area contributed by atoms with Crippen LogP contribution in [0.1, 0.15) is 25.3 Å². The molecular formula is C23H22FN3O3S. The average Bonchev–Trinajstić information content (AvgIpc) is 3.23. The van der Waals surface area contributed by atoms with Crippen LogP contribution in [0.4, 0.5) is 15.8 Å². The van der Waals surface area contributed by atoms with E-state index in [0.717, 1.165) is 29.1 Å². The highest BCUT2D eigenvalue weighted by molar-refractivity contribution is 7.09. The molecule has 160 valence electrons. The molecule has 4 rings (SSSR count). The van der Waals surface area contributed by atoms with Crippen LogP contribution in [0.25, 0.3) is 11.3 Å². The summed E-state index contributed by atoms with van der Waals surface area (Å²) < 4.78 is 18.7. The molecule has 2 amide bonds. The fourth-order valence-electron chi connectivity index (χ4n) is 3.42. The Hall–Kier alpha value is -3.26. The molecule has 0 aliphatic carbocycles. The van der Waals surface area contributed by atoms with Crippen molar-refractivity contribution in [3.05, 3.63) is 58.7 Å². The number of thiazole rings is 1. The van der Waals surface area contributed by atoms with Gasteiger partial charge >= 0.3 is 0 Å². The third kappa shape index (κ3) is 4.44. The number of fused-ring (bicyclic) bond motifs is 1. The minimum Gasteiger partial charge on any atom is -0.482 e. The largest absolute Gasteiger partial charge is 0.482 e. The van der Waals surface area contributed by atoms with E-state index in [1.54, 1.807) is 24.3 Å². The van der Waals surface area contributed by atoms with Crippen molar-refractivity contribution >= 4 is 34.5 Å². The highest BCUT2D eigenvalue weighted by Gasteiger charge is 2.33. The minimum absolute atomic E-state index is 0.141. The predicted octanol–water partition coefficient (Wildman–Crippen LogP) is 4.65. The highest BCUT2D eigenvalue weighted by Crippen LogP contribution is 2.37. The molecule has 8 heteroatoms. The Labute approximate surface area is 183 Å². The summed E-state index contributed by atoms with van der Waals surface area (Å²) in [6.45, 7) is 3.62. The number of aromatic nitrogens is 1. The second-order valence-corrected chi connectivity index (χ2v) is 8.23. The van der Waals surface area contributed by atoms with Crippen molar-refractivity contribution < 1.29 is 18.7 Å². The Morgan fingerprint density at radius 3 is 2.81 bits per heavy atom. The topological polar surface area (TPSA) is 71.5 Å². The normalized spacial score (nSPS) is 14.0. The van der Waals surface area contributed by atoms with E-state index in [-0.39, 0.29) is 24.2 Å². The Morgan fingerprint density at radius 1 is 1.29 bits per heavy atom. The molecule has 2 aromatic carbocycles. The van der Waals surface area contributed by atoms with Gasteiger partial charge in [-0.2, -0.15) is 0 Å². The van der Waals surface area contributed by atoms with Gasteiger partial charge in [0.1, 0.15) is 17.6 Å². The van der Waals surface area contributed by atoms with Crippen molar-refractivity contribution in [3.63, 3.8) is 0 Å². The molecule has 31 heavy (non-hydrogen) atoms. The zero-order chi connectivity index (χ0) is 22.0. The highest BCUT2D eigenvalue weighted by atomic mass is 32.1. The summed E-state index contributed by atoms with van der Waals surface area (Å²) in [5.41, 5.74) is 2.67. The molecule has 6 nitrogen and oxygen atoms in total. The van der Waals surface area contributed by atoms with Crippen LogP contribution in [-0.4, -0.2) is 29.4 Å². The van der Waals surface area contributed by atoms with Gasteiger partial charge < -0.3 is 10.1 Å². The van der Waals surface area contributed by atoms with Gasteiger partial charge in [-0.25, -0.2) is 9.37 Å². The number of benzene rings is 2. The van der Waals surface area contributed by atoms with Crippen LogP contribution >= 0.6 is 11.3 Å². The van der Waals surface area contributed by atoms with Crippen molar-refractivity contribution in [2.24, 2.45) is 0 Å². The summed E-state index contributed by atoms with van der Waals surface area (Å²) in [6, 6.07) is 10.2. The van der Waals surface area contributed by atoms with Crippen molar-refractivity contribution in [2.75, 3.05) is 16.8 Å². The maximum Gasteiger partial charge on any atom is 0.265 e. The number of carbonyl (C=O) groups excluding carboxylic acids is 2. The maximum absolute atomic E-state index is 13.1. The van der Waals surface area contributed by atoms with Crippen molar-refractivity contribution in [1.82, 2.24) is 4.98 Å². The van der Waals surface area contributed by atoms with E-state index in [0.29, 0.717) is 17.1 Å². The van der Waals surface area contributed by atoms with Crippen molar-refractivity contribution in [2.45, 2.75) is 32.7 Å². The number of carbonyl (C=O) groups is 2. The Kier molecular flexibility index (Phi) is 5.99. The quantitative estimate of drug-likeness (QED) is 0.607. The number of hydrogen-bond donors (Lipinski definition) is 1. The van der Waals surface area contributed by atoms with E-state index in [4.69, 9.17) is 4.74 Å². The fraction of sp³-hybridized carbons (Fsp3) is 0.261. The zero-order valence-corrected chi connectivity index (χ0v) is 18.0. The number of anilines is 2. The first-order valence-electron chi connectivity index (χ1n) is 10.1. The first-order chi connectivity index (χ1) is 15.0. The molecule has 3 aromatic rings. The Morgan fingerprint density at radius 2 is 2.06 bits per heavy atom. The standard InChI is InChI=1S/C23H22FN3O3S/c1-3-4-21-26-18(13-31-21)15-5-10-20-19(11-15)27(22(28)12-30-20)14(2)23(29)25-17-8-6-16(24)7-9-17/h5-11,13-14H,3-4,12H2,1-2H3,(H,25,29). The van der Waals surface area contributed by atoms with Crippen LogP contribution in [0.3, 0.4) is 0 Å². The van der Waals surface area contributed by atoms with E-state index in [9.17, 15) is 14.0 Å². The van der Waals surface area contributed by atoms with Crippen molar-refractivity contribution in [3.8, 4) is 17.0 Å². The molecule has 1 aliphatic heterocycles. The van der Waals surface area contributed by atoms with Gasteiger partial charge in [0.2, 0.25) is 5.91 Å². The lowest BCUT2D eigenvalue weighted by Gasteiger charge is -2.33. The van der Waals surface area contributed by atoms with Crippen molar-refractivity contribution in [1.29, 1.82) is 0 Å². The summed E-state index contributed by atoms with van der Waals surface area (Å²) in [7, 11) is 0. The second-order valence-electron chi connectivity index (χ2n) is 7.28. The molecule has 2 heterocycles. The lowest BCUT2D eigenvalue weighted by molar-refractivity contribution is -0.125. The summed E-state index contributed by atoms with van der Waals surface area (Å²) in [5.74, 6) is -0.540. The summed E-state index contributed by atoms with van der Waals surface area (Å²) in [5, 5.41) is 5.79. The van der Waals surface area contributed by atoms with E-state index in [1.165, 1.54) is 29.2 Å². The number of aryl methyl sites for hydroxylation is 1.